The van der Waals surface area contributed by atoms with Crippen LogP contribution in [-0.2, 0) is 6.18 Å². The summed E-state index contributed by atoms with van der Waals surface area (Å²) in [6, 6.07) is 2.66. The predicted octanol–water partition coefficient (Wildman–Crippen LogP) is 2.25. The Balaban J connectivity index is 2.68. The van der Waals surface area contributed by atoms with Crippen LogP contribution >= 0.6 is 0 Å². The number of hydrogen-bond donors (Lipinski definition) is 2. The van der Waals surface area contributed by atoms with Crippen LogP contribution in [0.4, 0.5) is 19.0 Å². The Morgan fingerprint density at radius 2 is 1.89 bits per heavy atom. The molecule has 0 aliphatic rings. The van der Waals surface area contributed by atoms with E-state index in [4.69, 9.17) is 11.5 Å². The van der Waals surface area contributed by atoms with Gasteiger partial charge >= 0.3 is 6.18 Å². The highest BCUT2D eigenvalue weighted by Crippen LogP contribution is 2.32. The van der Waals surface area contributed by atoms with Crippen molar-refractivity contribution in [3.8, 4) is 0 Å². The van der Waals surface area contributed by atoms with E-state index in [-0.39, 0.29) is 17.2 Å². The maximum atomic E-state index is 12.6. The molecule has 1 heterocycles. The number of hydrogen-bond acceptors (Lipinski definition) is 4. The number of nitrogens with two attached hydrogens (primary N) is 2. The van der Waals surface area contributed by atoms with Crippen molar-refractivity contribution in [2.24, 2.45) is 5.73 Å². The average molecular weight is 256 g/mol. The SMILES string of the molecule is CC(N)c1nc(N)c2ccc(C(F)(F)F)cc2n1. The van der Waals surface area contributed by atoms with Crippen molar-refractivity contribution in [1.29, 1.82) is 0 Å². The van der Waals surface area contributed by atoms with Crippen LogP contribution in [0, 0.1) is 0 Å². The van der Waals surface area contributed by atoms with E-state index in [1.165, 1.54) is 6.07 Å². The predicted molar refractivity (Wildman–Crippen MR) is 61.6 cm³/mol. The van der Waals surface area contributed by atoms with Gasteiger partial charge in [-0.25, -0.2) is 9.97 Å². The van der Waals surface area contributed by atoms with Crippen molar-refractivity contribution in [3.05, 3.63) is 29.6 Å². The lowest BCUT2D eigenvalue weighted by atomic mass is 10.1. The van der Waals surface area contributed by atoms with E-state index in [1.807, 2.05) is 0 Å². The molecule has 0 aliphatic heterocycles. The molecule has 96 valence electrons. The van der Waals surface area contributed by atoms with Gasteiger partial charge in [0.2, 0.25) is 0 Å². The van der Waals surface area contributed by atoms with Gasteiger partial charge in [-0.2, -0.15) is 13.2 Å². The molecule has 4 nitrogen and oxygen atoms in total. The van der Waals surface area contributed by atoms with Gasteiger partial charge in [0.1, 0.15) is 11.6 Å². The van der Waals surface area contributed by atoms with E-state index in [9.17, 15) is 13.2 Å². The smallest absolute Gasteiger partial charge is 0.383 e. The van der Waals surface area contributed by atoms with E-state index in [0.29, 0.717) is 5.39 Å². The Hall–Kier alpha value is -1.89. The fourth-order valence-electron chi connectivity index (χ4n) is 1.55. The highest BCUT2D eigenvalue weighted by molar-refractivity contribution is 5.88. The fourth-order valence-corrected chi connectivity index (χ4v) is 1.55. The van der Waals surface area contributed by atoms with Gasteiger partial charge in [0.05, 0.1) is 17.1 Å². The van der Waals surface area contributed by atoms with Crippen molar-refractivity contribution in [2.75, 3.05) is 5.73 Å². The summed E-state index contributed by atoms with van der Waals surface area (Å²) in [7, 11) is 0. The van der Waals surface area contributed by atoms with Gasteiger partial charge in [0.15, 0.2) is 0 Å². The highest BCUT2D eigenvalue weighted by atomic mass is 19.4. The van der Waals surface area contributed by atoms with Crippen molar-refractivity contribution in [1.82, 2.24) is 9.97 Å². The largest absolute Gasteiger partial charge is 0.416 e. The highest BCUT2D eigenvalue weighted by Gasteiger charge is 2.30. The molecule has 0 spiro atoms. The molecule has 0 bridgehead atoms. The molecule has 0 amide bonds. The molecule has 0 fully saturated rings. The maximum Gasteiger partial charge on any atom is 0.416 e. The Kier molecular flexibility index (Phi) is 2.86. The zero-order valence-electron chi connectivity index (χ0n) is 9.49. The molecule has 0 aliphatic carbocycles. The van der Waals surface area contributed by atoms with Crippen molar-refractivity contribution in [3.63, 3.8) is 0 Å². The Labute approximate surface area is 101 Å². The van der Waals surface area contributed by atoms with Crippen LogP contribution in [0.1, 0.15) is 24.4 Å². The lowest BCUT2D eigenvalue weighted by Crippen LogP contribution is -2.12. The molecule has 2 rings (SSSR count). The first kappa shape index (κ1) is 12.6. The summed E-state index contributed by atoms with van der Waals surface area (Å²) >= 11 is 0. The molecule has 0 saturated carbocycles. The van der Waals surface area contributed by atoms with Crippen LogP contribution in [0.3, 0.4) is 0 Å². The molecule has 1 aromatic heterocycles. The molecule has 0 radical (unpaired) electrons. The summed E-state index contributed by atoms with van der Waals surface area (Å²) in [5, 5.41) is 0.382. The van der Waals surface area contributed by atoms with Crippen molar-refractivity contribution >= 4 is 16.7 Å². The Bertz CT molecular complexity index is 593. The third kappa shape index (κ3) is 2.21. The van der Waals surface area contributed by atoms with Crippen LogP contribution in [0.25, 0.3) is 10.9 Å². The van der Waals surface area contributed by atoms with Crippen LogP contribution in [0.15, 0.2) is 18.2 Å². The third-order valence-electron chi connectivity index (χ3n) is 2.48. The van der Waals surface area contributed by atoms with E-state index >= 15 is 0 Å². The summed E-state index contributed by atoms with van der Waals surface area (Å²) in [6.07, 6.45) is -4.41. The number of aromatic nitrogens is 2. The van der Waals surface area contributed by atoms with Crippen molar-refractivity contribution < 1.29 is 13.2 Å². The molecule has 0 saturated heterocycles. The summed E-state index contributed by atoms with van der Waals surface area (Å²) < 4.78 is 37.7. The van der Waals surface area contributed by atoms with Crippen molar-refractivity contribution in [2.45, 2.75) is 19.1 Å². The first-order chi connectivity index (χ1) is 8.29. The van der Waals surface area contributed by atoms with Crippen LogP contribution in [0.2, 0.25) is 0 Å². The molecule has 18 heavy (non-hydrogen) atoms. The first-order valence-electron chi connectivity index (χ1n) is 5.19. The lowest BCUT2D eigenvalue weighted by Gasteiger charge is -2.10. The second-order valence-corrected chi connectivity index (χ2v) is 3.99. The number of nitrogen functional groups attached to an aromatic ring is 1. The summed E-state index contributed by atoms with van der Waals surface area (Å²) in [5.41, 5.74) is 10.6. The topological polar surface area (TPSA) is 77.8 Å². The number of anilines is 1. The standard InChI is InChI=1S/C11H11F3N4/c1-5(15)10-17-8-4-6(11(12,13)14)2-3-7(8)9(16)18-10/h2-5H,15H2,1H3,(H2,16,17,18). The average Bonchev–Trinajstić information content (AvgIpc) is 2.26. The van der Waals surface area contributed by atoms with Gasteiger partial charge in [-0.15, -0.1) is 0 Å². The molecule has 1 unspecified atom stereocenters. The van der Waals surface area contributed by atoms with E-state index in [2.05, 4.69) is 9.97 Å². The quantitative estimate of drug-likeness (QED) is 0.820. The molecular formula is C11H11F3N4. The van der Waals surface area contributed by atoms with E-state index in [0.717, 1.165) is 12.1 Å². The summed E-state index contributed by atoms with van der Waals surface area (Å²) in [5.74, 6) is 0.348. The number of benzene rings is 1. The molecule has 2 aromatic rings. The molecule has 4 N–H and O–H groups in total. The zero-order chi connectivity index (χ0) is 13.5. The van der Waals surface area contributed by atoms with E-state index < -0.39 is 17.8 Å². The van der Waals surface area contributed by atoms with Gasteiger partial charge in [-0.3, -0.25) is 0 Å². The lowest BCUT2D eigenvalue weighted by molar-refractivity contribution is -0.137. The van der Waals surface area contributed by atoms with Gasteiger partial charge in [0.25, 0.3) is 0 Å². The minimum Gasteiger partial charge on any atom is -0.383 e. The van der Waals surface area contributed by atoms with Crippen LogP contribution in [-0.4, -0.2) is 9.97 Å². The molecular weight excluding hydrogens is 245 g/mol. The number of fused-ring (bicyclic) bond motifs is 1. The number of rotatable bonds is 1. The van der Waals surface area contributed by atoms with Gasteiger partial charge in [0, 0.05) is 5.39 Å². The molecule has 1 aromatic carbocycles. The summed E-state index contributed by atoms with van der Waals surface area (Å²) in [6.45, 7) is 1.63. The fraction of sp³-hybridized carbons (Fsp3) is 0.273. The van der Waals surface area contributed by atoms with Gasteiger partial charge in [-0.1, -0.05) is 0 Å². The normalized spacial score (nSPS) is 13.8. The van der Waals surface area contributed by atoms with Gasteiger partial charge < -0.3 is 11.5 Å². The summed E-state index contributed by atoms with van der Waals surface area (Å²) in [4.78, 5) is 7.95. The minimum absolute atomic E-state index is 0.126. The number of halogens is 3. The molecule has 7 heteroatoms. The number of alkyl halides is 3. The maximum absolute atomic E-state index is 12.6. The molecule has 1 atom stereocenters. The number of nitrogens with zero attached hydrogens (tertiary/aromatic N) is 2. The minimum atomic E-state index is -4.41. The van der Waals surface area contributed by atoms with Crippen LogP contribution in [0.5, 0.6) is 0 Å². The van der Waals surface area contributed by atoms with E-state index in [1.54, 1.807) is 6.92 Å². The Morgan fingerprint density at radius 1 is 1.22 bits per heavy atom. The van der Waals surface area contributed by atoms with Crippen LogP contribution < -0.4 is 11.5 Å². The third-order valence-corrected chi connectivity index (χ3v) is 2.48. The Morgan fingerprint density at radius 3 is 2.44 bits per heavy atom. The second kappa shape index (κ2) is 4.09. The second-order valence-electron chi connectivity index (χ2n) is 3.99. The monoisotopic (exact) mass is 256 g/mol. The zero-order valence-corrected chi connectivity index (χ0v) is 9.49. The first-order valence-corrected chi connectivity index (χ1v) is 5.19. The van der Waals surface area contributed by atoms with Gasteiger partial charge in [-0.05, 0) is 25.1 Å².